The van der Waals surface area contributed by atoms with Crippen LogP contribution in [0.4, 0.5) is 4.79 Å². The van der Waals surface area contributed by atoms with Gasteiger partial charge >= 0.3 is 6.09 Å². The molecule has 0 radical (unpaired) electrons. The molecule has 0 aliphatic rings. The Balaban J connectivity index is 2.02. The zero-order chi connectivity index (χ0) is 18.6. The van der Waals surface area contributed by atoms with Gasteiger partial charge in [-0.2, -0.15) is 0 Å². The van der Waals surface area contributed by atoms with E-state index < -0.39 is 16.1 Å². The molecular weight excluding hydrogens is 382 g/mol. The maximum absolute atomic E-state index is 12.6. The molecule has 10 heteroatoms. The highest BCUT2D eigenvalue weighted by Crippen LogP contribution is 2.28. The summed E-state index contributed by atoms with van der Waals surface area (Å²) < 4.78 is 32.6. The molecule has 2 aromatic rings. The summed E-state index contributed by atoms with van der Waals surface area (Å²) in [7, 11) is -2.31. The number of nitrogens with zero attached hydrogens (tertiary/aromatic N) is 1. The number of thiophene rings is 1. The fourth-order valence-corrected chi connectivity index (χ4v) is 5.88. The summed E-state index contributed by atoms with van der Waals surface area (Å²) in [5.74, 6) is 0. The first-order chi connectivity index (χ1) is 11.7. The lowest BCUT2D eigenvalue weighted by Gasteiger charge is -2.12. The lowest BCUT2D eigenvalue weighted by molar-refractivity contribution is 0.171. The second-order valence-corrected chi connectivity index (χ2v) is 9.76. The van der Waals surface area contributed by atoms with Gasteiger partial charge < -0.3 is 10.1 Å². The van der Waals surface area contributed by atoms with Crippen LogP contribution in [0, 0.1) is 13.8 Å². The van der Waals surface area contributed by atoms with Gasteiger partial charge in [-0.3, -0.25) is 0 Å². The number of hydrogen-bond acceptors (Lipinski definition) is 7. The number of carbonyl (C=O) groups excluding carboxylic acids is 1. The first-order valence-corrected chi connectivity index (χ1v) is 10.7. The standard InChI is InChI=1S/C15H21N3O4S3/c1-9-14(23-11(3)17-9)10(2)18-25(20,21)13-6-5-12(24-13)7-8-16-15(19)22-4/h5-6,10,18H,7-8H2,1-4H3,(H,16,19)/t10-/m0/s1. The summed E-state index contributed by atoms with van der Waals surface area (Å²) in [4.78, 5) is 17.1. The molecule has 138 valence electrons. The number of carbonyl (C=O) groups is 1. The van der Waals surface area contributed by atoms with E-state index in [1.807, 2.05) is 20.8 Å². The van der Waals surface area contributed by atoms with Crippen LogP contribution in [0.15, 0.2) is 16.3 Å². The third kappa shape index (κ3) is 5.24. The minimum Gasteiger partial charge on any atom is -0.453 e. The molecule has 7 nitrogen and oxygen atoms in total. The Kier molecular flexibility index (Phi) is 6.55. The molecular formula is C15H21N3O4S3. The van der Waals surface area contributed by atoms with E-state index in [4.69, 9.17) is 0 Å². The van der Waals surface area contributed by atoms with Crippen LogP contribution in [-0.2, 0) is 21.2 Å². The van der Waals surface area contributed by atoms with Gasteiger partial charge in [-0.1, -0.05) is 0 Å². The van der Waals surface area contributed by atoms with E-state index in [0.29, 0.717) is 13.0 Å². The fourth-order valence-electron chi connectivity index (χ4n) is 2.29. The largest absolute Gasteiger partial charge is 0.453 e. The number of sulfonamides is 1. The monoisotopic (exact) mass is 403 g/mol. The summed E-state index contributed by atoms with van der Waals surface area (Å²) >= 11 is 2.68. The van der Waals surface area contributed by atoms with Crippen LogP contribution in [0.1, 0.15) is 33.4 Å². The lowest BCUT2D eigenvalue weighted by Crippen LogP contribution is -2.26. The molecule has 0 bridgehead atoms. The van der Waals surface area contributed by atoms with E-state index in [9.17, 15) is 13.2 Å². The van der Waals surface area contributed by atoms with Crippen molar-refractivity contribution in [2.75, 3.05) is 13.7 Å². The van der Waals surface area contributed by atoms with Crippen molar-refractivity contribution in [1.29, 1.82) is 0 Å². The van der Waals surface area contributed by atoms with E-state index in [1.165, 1.54) is 29.8 Å². The number of hydrogen-bond donors (Lipinski definition) is 2. The third-order valence-electron chi connectivity index (χ3n) is 3.39. The molecule has 0 aliphatic heterocycles. The molecule has 2 heterocycles. The minimum absolute atomic E-state index is 0.256. The summed E-state index contributed by atoms with van der Waals surface area (Å²) in [6.07, 6.45) is 0.0351. The molecule has 2 N–H and O–H groups in total. The zero-order valence-corrected chi connectivity index (χ0v) is 16.9. The number of ether oxygens (including phenoxy) is 1. The van der Waals surface area contributed by atoms with Crippen molar-refractivity contribution in [3.05, 3.63) is 32.6 Å². The highest BCUT2D eigenvalue weighted by atomic mass is 32.2. The third-order valence-corrected chi connectivity index (χ3v) is 7.83. The Labute approximate surface area is 155 Å². The van der Waals surface area contributed by atoms with Crippen molar-refractivity contribution in [3.8, 4) is 0 Å². The maximum atomic E-state index is 12.6. The Morgan fingerprint density at radius 2 is 2.04 bits per heavy atom. The molecule has 1 atom stereocenters. The maximum Gasteiger partial charge on any atom is 0.406 e. The van der Waals surface area contributed by atoms with Gasteiger partial charge in [-0.05, 0) is 39.3 Å². The second kappa shape index (κ2) is 8.26. The van der Waals surface area contributed by atoms with Crippen molar-refractivity contribution in [1.82, 2.24) is 15.0 Å². The van der Waals surface area contributed by atoms with Gasteiger partial charge in [-0.15, -0.1) is 22.7 Å². The van der Waals surface area contributed by atoms with Gasteiger partial charge in [0.25, 0.3) is 10.0 Å². The van der Waals surface area contributed by atoms with Crippen LogP contribution in [0.25, 0.3) is 0 Å². The first-order valence-electron chi connectivity index (χ1n) is 7.59. The Bertz CT molecular complexity index is 842. The number of alkyl carbamates (subject to hydrolysis) is 1. The summed E-state index contributed by atoms with van der Waals surface area (Å²) in [5.41, 5.74) is 0.846. The van der Waals surface area contributed by atoms with Crippen LogP contribution < -0.4 is 10.0 Å². The number of aryl methyl sites for hydroxylation is 2. The predicted octanol–water partition coefficient (Wildman–Crippen LogP) is 2.76. The molecule has 0 fully saturated rings. The molecule has 0 unspecified atom stereocenters. The summed E-state index contributed by atoms with van der Waals surface area (Å²) in [6, 6.07) is 2.99. The van der Waals surface area contributed by atoms with E-state index in [0.717, 1.165) is 20.5 Å². The quantitative estimate of drug-likeness (QED) is 0.741. The molecule has 2 aromatic heterocycles. The van der Waals surface area contributed by atoms with Gasteiger partial charge in [0.05, 0.1) is 23.9 Å². The van der Waals surface area contributed by atoms with E-state index in [2.05, 4.69) is 19.8 Å². The van der Waals surface area contributed by atoms with E-state index in [-0.39, 0.29) is 10.3 Å². The average molecular weight is 404 g/mol. The van der Waals surface area contributed by atoms with E-state index >= 15 is 0 Å². The zero-order valence-electron chi connectivity index (χ0n) is 14.5. The summed E-state index contributed by atoms with van der Waals surface area (Å²) in [5, 5.41) is 3.48. The van der Waals surface area contributed by atoms with Crippen LogP contribution in [-0.4, -0.2) is 33.1 Å². The van der Waals surface area contributed by atoms with Crippen molar-refractivity contribution < 1.29 is 17.9 Å². The number of methoxy groups -OCH3 is 1. The van der Waals surface area contributed by atoms with Crippen LogP contribution in [0.3, 0.4) is 0 Å². The number of rotatable bonds is 7. The van der Waals surface area contributed by atoms with Crippen molar-refractivity contribution >= 4 is 38.8 Å². The second-order valence-electron chi connectivity index (χ2n) is 5.41. The molecule has 25 heavy (non-hydrogen) atoms. The molecule has 1 amide bonds. The van der Waals surface area contributed by atoms with Crippen molar-refractivity contribution in [3.63, 3.8) is 0 Å². The molecule has 0 saturated carbocycles. The van der Waals surface area contributed by atoms with Crippen LogP contribution in [0.5, 0.6) is 0 Å². The highest BCUT2D eigenvalue weighted by Gasteiger charge is 2.22. The number of amides is 1. The average Bonchev–Trinajstić information content (AvgIpc) is 3.13. The lowest BCUT2D eigenvalue weighted by atomic mass is 10.2. The fraction of sp³-hybridized carbons (Fsp3) is 0.467. The molecule has 0 aromatic carbocycles. The molecule has 2 rings (SSSR count). The van der Waals surface area contributed by atoms with Crippen molar-refractivity contribution in [2.45, 2.75) is 37.4 Å². The Morgan fingerprint density at radius 3 is 2.64 bits per heavy atom. The molecule has 0 spiro atoms. The van der Waals surface area contributed by atoms with E-state index in [1.54, 1.807) is 12.1 Å². The predicted molar refractivity (Wildman–Crippen MR) is 98.8 cm³/mol. The van der Waals surface area contributed by atoms with Gasteiger partial charge in [0.15, 0.2) is 0 Å². The number of aromatic nitrogens is 1. The van der Waals surface area contributed by atoms with Gasteiger partial charge in [0.2, 0.25) is 0 Å². The van der Waals surface area contributed by atoms with Crippen molar-refractivity contribution in [2.24, 2.45) is 0 Å². The highest BCUT2D eigenvalue weighted by molar-refractivity contribution is 7.91. The Morgan fingerprint density at radius 1 is 1.32 bits per heavy atom. The Hall–Kier alpha value is -1.49. The van der Waals surface area contributed by atoms with Crippen LogP contribution in [0.2, 0.25) is 0 Å². The SMILES string of the molecule is COC(=O)NCCc1ccc(S(=O)(=O)N[C@@H](C)c2sc(C)nc2C)s1. The normalized spacial score (nSPS) is 12.8. The van der Waals surface area contributed by atoms with Crippen LogP contribution >= 0.6 is 22.7 Å². The van der Waals surface area contributed by atoms with Gasteiger partial charge in [0, 0.05) is 16.3 Å². The molecule has 0 saturated heterocycles. The number of nitrogens with one attached hydrogen (secondary N) is 2. The topological polar surface area (TPSA) is 97.4 Å². The van der Waals surface area contributed by atoms with Gasteiger partial charge in [-0.25, -0.2) is 22.9 Å². The first kappa shape index (κ1) is 19.8. The minimum atomic E-state index is -3.60. The number of thiazole rings is 1. The summed E-state index contributed by atoms with van der Waals surface area (Å²) in [6.45, 7) is 5.97. The van der Waals surface area contributed by atoms with Gasteiger partial charge in [0.1, 0.15) is 4.21 Å². The smallest absolute Gasteiger partial charge is 0.406 e. The molecule has 0 aliphatic carbocycles.